The average Bonchev–Trinajstić information content (AvgIpc) is 2.82. The number of thiazole rings is 1. The minimum absolute atomic E-state index is 0.151. The van der Waals surface area contributed by atoms with Crippen molar-refractivity contribution in [2.45, 2.75) is 19.4 Å². The van der Waals surface area contributed by atoms with Gasteiger partial charge in [0.1, 0.15) is 0 Å². The van der Waals surface area contributed by atoms with Gasteiger partial charge in [0.05, 0.1) is 23.9 Å². The fraction of sp³-hybridized carbons (Fsp3) is 0.357. The summed E-state index contributed by atoms with van der Waals surface area (Å²) in [7, 11) is 0. The van der Waals surface area contributed by atoms with Crippen molar-refractivity contribution in [1.29, 1.82) is 0 Å². The molecule has 3 nitrogen and oxygen atoms in total. The maximum Gasteiger partial charge on any atom is 0.0961 e. The molecule has 0 radical (unpaired) electrons. The lowest BCUT2D eigenvalue weighted by atomic mass is 10.1. The second-order valence-corrected chi connectivity index (χ2v) is 5.57. The summed E-state index contributed by atoms with van der Waals surface area (Å²) >= 11 is 7.82. The van der Waals surface area contributed by atoms with E-state index in [1.54, 1.807) is 11.3 Å². The van der Waals surface area contributed by atoms with E-state index in [1.165, 1.54) is 4.88 Å². The fourth-order valence-electron chi connectivity index (χ4n) is 1.88. The zero-order chi connectivity index (χ0) is 13.7. The number of halogens is 1. The van der Waals surface area contributed by atoms with Crippen LogP contribution in [0.2, 0.25) is 5.02 Å². The molecule has 2 N–H and O–H groups in total. The molecule has 102 valence electrons. The first-order chi connectivity index (χ1) is 9.22. The van der Waals surface area contributed by atoms with Gasteiger partial charge in [0.2, 0.25) is 0 Å². The summed E-state index contributed by atoms with van der Waals surface area (Å²) < 4.78 is 5.86. The Morgan fingerprint density at radius 1 is 1.42 bits per heavy atom. The molecular formula is C14H17ClN2OS. The molecule has 1 aromatic heterocycles. The van der Waals surface area contributed by atoms with Crippen molar-refractivity contribution in [2.75, 3.05) is 13.2 Å². The lowest BCUT2D eigenvalue weighted by Gasteiger charge is -2.17. The van der Waals surface area contributed by atoms with Gasteiger partial charge in [-0.05, 0) is 13.0 Å². The average molecular weight is 297 g/mol. The van der Waals surface area contributed by atoms with Gasteiger partial charge in [-0.2, -0.15) is 0 Å². The molecule has 0 spiro atoms. The molecule has 1 unspecified atom stereocenters. The Bertz CT molecular complexity index is 530. The van der Waals surface area contributed by atoms with E-state index in [1.807, 2.05) is 36.7 Å². The topological polar surface area (TPSA) is 48.1 Å². The quantitative estimate of drug-likeness (QED) is 0.889. The number of ether oxygens (including phenoxy) is 1. The van der Waals surface area contributed by atoms with Crippen LogP contribution in [0.25, 0.3) is 0 Å². The van der Waals surface area contributed by atoms with E-state index >= 15 is 0 Å². The third kappa shape index (κ3) is 3.76. The first kappa shape index (κ1) is 14.5. The molecule has 0 bridgehead atoms. The van der Waals surface area contributed by atoms with Crippen LogP contribution in [-0.4, -0.2) is 18.1 Å². The van der Waals surface area contributed by atoms with Crippen LogP contribution in [0, 0.1) is 6.92 Å². The zero-order valence-corrected chi connectivity index (χ0v) is 12.4. The van der Waals surface area contributed by atoms with Gasteiger partial charge in [0, 0.05) is 28.4 Å². The smallest absolute Gasteiger partial charge is 0.0961 e. The van der Waals surface area contributed by atoms with E-state index in [2.05, 4.69) is 4.98 Å². The highest BCUT2D eigenvalue weighted by Gasteiger charge is 2.13. The minimum Gasteiger partial charge on any atom is -0.372 e. The van der Waals surface area contributed by atoms with Crippen LogP contribution in [0.1, 0.15) is 22.2 Å². The maximum atomic E-state index is 6.16. The van der Waals surface area contributed by atoms with Gasteiger partial charge >= 0.3 is 0 Å². The molecule has 0 aliphatic heterocycles. The van der Waals surface area contributed by atoms with Gasteiger partial charge in [-0.15, -0.1) is 11.3 Å². The van der Waals surface area contributed by atoms with E-state index in [9.17, 15) is 0 Å². The molecule has 2 rings (SSSR count). The molecule has 2 aromatic rings. The highest BCUT2D eigenvalue weighted by molar-refractivity contribution is 7.09. The Kier molecular flexibility index (Phi) is 5.34. The summed E-state index contributed by atoms with van der Waals surface area (Å²) in [5.74, 6) is 0. The van der Waals surface area contributed by atoms with E-state index in [-0.39, 0.29) is 6.10 Å². The predicted molar refractivity (Wildman–Crippen MR) is 79.8 cm³/mol. The van der Waals surface area contributed by atoms with Gasteiger partial charge in [0.25, 0.3) is 0 Å². The number of benzene rings is 1. The Morgan fingerprint density at radius 3 is 2.84 bits per heavy atom. The Hall–Kier alpha value is -0.940. The second kappa shape index (κ2) is 7.01. The number of hydrogen-bond donors (Lipinski definition) is 1. The number of hydrogen-bond acceptors (Lipinski definition) is 4. The molecule has 5 heteroatoms. The standard InChI is InChI=1S/C14H17ClN2OS/c1-10-14(19-9-17-10)6-7-18-13(8-16)11-4-2-3-5-12(11)15/h2-5,9,13H,6-8,16H2,1H3. The minimum atomic E-state index is -0.151. The van der Waals surface area contributed by atoms with Crippen LogP contribution < -0.4 is 5.73 Å². The van der Waals surface area contributed by atoms with Crippen molar-refractivity contribution in [2.24, 2.45) is 5.73 Å². The zero-order valence-electron chi connectivity index (χ0n) is 10.8. The molecule has 0 aliphatic carbocycles. The summed E-state index contributed by atoms with van der Waals surface area (Å²) in [5.41, 5.74) is 9.66. The van der Waals surface area contributed by atoms with Crippen LogP contribution in [0.5, 0.6) is 0 Å². The van der Waals surface area contributed by atoms with Crippen molar-refractivity contribution >= 4 is 22.9 Å². The SMILES string of the molecule is Cc1ncsc1CCOC(CN)c1ccccc1Cl. The molecule has 1 aromatic carbocycles. The first-order valence-corrected chi connectivity index (χ1v) is 7.43. The number of nitrogens with zero attached hydrogens (tertiary/aromatic N) is 1. The largest absolute Gasteiger partial charge is 0.372 e. The van der Waals surface area contributed by atoms with Crippen molar-refractivity contribution in [1.82, 2.24) is 4.98 Å². The Balaban J connectivity index is 1.93. The molecule has 0 amide bonds. The number of nitrogens with two attached hydrogens (primary N) is 1. The molecular weight excluding hydrogens is 280 g/mol. The highest BCUT2D eigenvalue weighted by Crippen LogP contribution is 2.25. The fourth-order valence-corrected chi connectivity index (χ4v) is 2.90. The molecule has 0 fully saturated rings. The van der Waals surface area contributed by atoms with Gasteiger partial charge in [-0.25, -0.2) is 4.98 Å². The molecule has 1 atom stereocenters. The Labute approximate surface area is 122 Å². The molecule has 1 heterocycles. The van der Waals surface area contributed by atoms with E-state index in [0.717, 1.165) is 17.7 Å². The van der Waals surface area contributed by atoms with Gasteiger partial charge < -0.3 is 10.5 Å². The molecule has 0 aliphatic rings. The van der Waals surface area contributed by atoms with E-state index in [4.69, 9.17) is 22.1 Å². The molecule has 0 saturated carbocycles. The monoisotopic (exact) mass is 296 g/mol. The summed E-state index contributed by atoms with van der Waals surface area (Å²) in [6, 6.07) is 7.66. The van der Waals surface area contributed by atoms with Gasteiger partial charge in [-0.1, -0.05) is 29.8 Å². The highest BCUT2D eigenvalue weighted by atomic mass is 35.5. The lowest BCUT2D eigenvalue weighted by Crippen LogP contribution is -2.17. The number of aryl methyl sites for hydroxylation is 1. The first-order valence-electron chi connectivity index (χ1n) is 6.17. The van der Waals surface area contributed by atoms with Crippen LogP contribution >= 0.6 is 22.9 Å². The van der Waals surface area contributed by atoms with Crippen molar-refractivity contribution in [3.8, 4) is 0 Å². The second-order valence-electron chi connectivity index (χ2n) is 4.23. The summed E-state index contributed by atoms with van der Waals surface area (Å²) in [6.07, 6.45) is 0.708. The summed E-state index contributed by atoms with van der Waals surface area (Å²) in [6.45, 7) is 3.06. The Morgan fingerprint density at radius 2 is 2.21 bits per heavy atom. The molecule has 0 saturated heterocycles. The van der Waals surface area contributed by atoms with Crippen molar-refractivity contribution in [3.63, 3.8) is 0 Å². The number of rotatable bonds is 6. The van der Waals surface area contributed by atoms with Crippen molar-refractivity contribution < 1.29 is 4.74 Å². The van der Waals surface area contributed by atoms with Gasteiger partial charge in [-0.3, -0.25) is 0 Å². The van der Waals surface area contributed by atoms with Crippen LogP contribution in [-0.2, 0) is 11.2 Å². The van der Waals surface area contributed by atoms with Crippen LogP contribution in [0.3, 0.4) is 0 Å². The van der Waals surface area contributed by atoms with Crippen LogP contribution in [0.4, 0.5) is 0 Å². The normalized spacial score (nSPS) is 12.6. The third-order valence-electron chi connectivity index (χ3n) is 2.96. The summed E-state index contributed by atoms with van der Waals surface area (Å²) in [5, 5.41) is 0.701. The maximum absolute atomic E-state index is 6.16. The van der Waals surface area contributed by atoms with E-state index < -0.39 is 0 Å². The summed E-state index contributed by atoms with van der Waals surface area (Å²) in [4.78, 5) is 5.48. The van der Waals surface area contributed by atoms with Gasteiger partial charge in [0.15, 0.2) is 0 Å². The van der Waals surface area contributed by atoms with Crippen LogP contribution in [0.15, 0.2) is 29.8 Å². The van der Waals surface area contributed by atoms with E-state index in [0.29, 0.717) is 18.2 Å². The number of aromatic nitrogens is 1. The lowest BCUT2D eigenvalue weighted by molar-refractivity contribution is 0.0612. The molecule has 19 heavy (non-hydrogen) atoms. The predicted octanol–water partition coefficient (Wildman–Crippen LogP) is 3.36. The third-order valence-corrected chi connectivity index (χ3v) is 4.30. The van der Waals surface area contributed by atoms with Crippen molar-refractivity contribution in [3.05, 3.63) is 50.9 Å².